The van der Waals surface area contributed by atoms with Crippen LogP contribution in [0.25, 0.3) is 0 Å². The van der Waals surface area contributed by atoms with Gasteiger partial charge in [0.05, 0.1) is 0 Å². The van der Waals surface area contributed by atoms with Crippen molar-refractivity contribution >= 4 is 12.6 Å². The molecule has 0 bridgehead atoms. The second kappa shape index (κ2) is 4.16. The third-order valence-electron chi connectivity index (χ3n) is 2.63. The Morgan fingerprint density at radius 1 is 1.23 bits per heavy atom. The minimum Gasteiger partial charge on any atom is -0.298 e. The van der Waals surface area contributed by atoms with E-state index in [4.69, 9.17) is 0 Å². The van der Waals surface area contributed by atoms with Gasteiger partial charge in [0.2, 0.25) is 0 Å². The summed E-state index contributed by atoms with van der Waals surface area (Å²) in [5.74, 6) is 0.960. The maximum Gasteiger partial charge on any atom is 0.0236 e. The smallest absolute Gasteiger partial charge is 0.0236 e. The molecule has 1 aromatic rings. The van der Waals surface area contributed by atoms with E-state index >= 15 is 0 Å². The average Bonchev–Trinajstić information content (AvgIpc) is 2.18. The van der Waals surface area contributed by atoms with Gasteiger partial charge in [-0.05, 0) is 17.5 Å². The Hall–Kier alpha value is -0.470. The fourth-order valence-corrected chi connectivity index (χ4v) is 2.17. The summed E-state index contributed by atoms with van der Waals surface area (Å²) in [6.45, 7) is 3.41. The molecule has 70 valence electrons. The van der Waals surface area contributed by atoms with Crippen LogP contribution < -0.4 is 0 Å². The van der Waals surface area contributed by atoms with Gasteiger partial charge in [0.15, 0.2) is 0 Å². The highest BCUT2D eigenvalue weighted by Crippen LogP contribution is 2.17. The molecule has 13 heavy (non-hydrogen) atoms. The molecule has 0 N–H and O–H groups in total. The molecular weight excluding hydrogens is 178 g/mol. The highest BCUT2D eigenvalue weighted by molar-refractivity contribution is 7.80. The second-order valence-corrected chi connectivity index (χ2v) is 3.97. The van der Waals surface area contributed by atoms with Crippen LogP contribution in [0.5, 0.6) is 0 Å². The number of benzene rings is 1. The zero-order chi connectivity index (χ0) is 9.10. The summed E-state index contributed by atoms with van der Waals surface area (Å²) in [5.41, 5.74) is 3.02. The van der Waals surface area contributed by atoms with Gasteiger partial charge in [0.1, 0.15) is 0 Å². The van der Waals surface area contributed by atoms with E-state index in [1.165, 1.54) is 24.1 Å². The Kier molecular flexibility index (Phi) is 2.91. The maximum absolute atomic E-state index is 4.26. The summed E-state index contributed by atoms with van der Waals surface area (Å²) >= 11 is 4.26. The van der Waals surface area contributed by atoms with Crippen molar-refractivity contribution in [2.75, 3.05) is 18.8 Å². The summed E-state index contributed by atoms with van der Waals surface area (Å²) < 4.78 is 0. The molecule has 0 radical (unpaired) electrons. The molecule has 0 spiro atoms. The van der Waals surface area contributed by atoms with Crippen molar-refractivity contribution in [1.82, 2.24) is 4.90 Å². The van der Waals surface area contributed by atoms with E-state index in [1.54, 1.807) is 0 Å². The largest absolute Gasteiger partial charge is 0.298 e. The molecule has 1 aromatic carbocycles. The predicted molar refractivity (Wildman–Crippen MR) is 59.3 cm³/mol. The molecule has 0 saturated carbocycles. The van der Waals surface area contributed by atoms with E-state index in [0.29, 0.717) is 0 Å². The number of hydrogen-bond donors (Lipinski definition) is 1. The number of nitrogens with zero attached hydrogens (tertiary/aromatic N) is 1. The van der Waals surface area contributed by atoms with Crippen molar-refractivity contribution in [1.29, 1.82) is 0 Å². The lowest BCUT2D eigenvalue weighted by molar-refractivity contribution is 0.270. The number of rotatable bonds is 2. The molecule has 1 aliphatic rings. The number of fused-ring (bicyclic) bond motifs is 1. The summed E-state index contributed by atoms with van der Waals surface area (Å²) in [4.78, 5) is 2.47. The Morgan fingerprint density at radius 3 is 2.77 bits per heavy atom. The Balaban J connectivity index is 2.11. The topological polar surface area (TPSA) is 3.24 Å². The molecule has 0 amide bonds. The van der Waals surface area contributed by atoms with E-state index in [1.807, 2.05) is 0 Å². The maximum atomic E-state index is 4.26. The molecule has 0 fully saturated rings. The molecule has 1 nitrogen and oxygen atoms in total. The first-order valence-electron chi connectivity index (χ1n) is 4.80. The minimum absolute atomic E-state index is 0.960. The van der Waals surface area contributed by atoms with Gasteiger partial charge in [0.25, 0.3) is 0 Å². The van der Waals surface area contributed by atoms with Crippen molar-refractivity contribution < 1.29 is 0 Å². The van der Waals surface area contributed by atoms with E-state index in [-0.39, 0.29) is 0 Å². The summed E-state index contributed by atoms with van der Waals surface area (Å²) in [6, 6.07) is 8.74. The third-order valence-corrected chi connectivity index (χ3v) is 2.83. The lowest BCUT2D eigenvalue weighted by atomic mass is 10.0. The normalized spacial score (nSPS) is 17.0. The standard InChI is InChI=1S/C11H15NS/c13-8-7-12-6-5-10-3-1-2-4-11(10)9-12/h1-4,13H,5-9H2. The molecule has 1 aliphatic heterocycles. The van der Waals surface area contributed by atoms with Crippen LogP contribution in [0.3, 0.4) is 0 Å². The van der Waals surface area contributed by atoms with E-state index in [2.05, 4.69) is 41.8 Å². The van der Waals surface area contributed by atoms with Crippen LogP contribution in [0, 0.1) is 0 Å². The molecule has 0 atom stereocenters. The first-order chi connectivity index (χ1) is 6.40. The van der Waals surface area contributed by atoms with Gasteiger partial charge in [-0.3, -0.25) is 4.90 Å². The van der Waals surface area contributed by atoms with Gasteiger partial charge in [-0.15, -0.1) is 0 Å². The summed E-state index contributed by atoms with van der Waals surface area (Å²) in [7, 11) is 0. The van der Waals surface area contributed by atoms with Crippen molar-refractivity contribution in [3.05, 3.63) is 35.4 Å². The van der Waals surface area contributed by atoms with Gasteiger partial charge in [-0.2, -0.15) is 12.6 Å². The SMILES string of the molecule is SCCN1CCc2ccccc2C1. The van der Waals surface area contributed by atoms with Crippen molar-refractivity contribution in [3.63, 3.8) is 0 Å². The number of hydrogen-bond acceptors (Lipinski definition) is 2. The van der Waals surface area contributed by atoms with Crippen LogP contribution in [0.4, 0.5) is 0 Å². The lowest BCUT2D eigenvalue weighted by Gasteiger charge is -2.27. The Bertz CT molecular complexity index is 285. The van der Waals surface area contributed by atoms with Crippen LogP contribution in [0.15, 0.2) is 24.3 Å². The molecular formula is C11H15NS. The monoisotopic (exact) mass is 193 g/mol. The second-order valence-electron chi connectivity index (χ2n) is 3.52. The molecule has 1 heterocycles. The lowest BCUT2D eigenvalue weighted by Crippen LogP contribution is -2.31. The van der Waals surface area contributed by atoms with Crippen LogP contribution in [-0.2, 0) is 13.0 Å². The van der Waals surface area contributed by atoms with Crippen molar-refractivity contribution in [2.45, 2.75) is 13.0 Å². The minimum atomic E-state index is 0.960. The fraction of sp³-hybridized carbons (Fsp3) is 0.455. The third kappa shape index (κ3) is 2.06. The van der Waals surface area contributed by atoms with Crippen LogP contribution in [0.1, 0.15) is 11.1 Å². The molecule has 0 saturated heterocycles. The Morgan fingerprint density at radius 2 is 2.00 bits per heavy atom. The van der Waals surface area contributed by atoms with Gasteiger partial charge in [-0.25, -0.2) is 0 Å². The first-order valence-corrected chi connectivity index (χ1v) is 5.43. The van der Waals surface area contributed by atoms with Crippen LogP contribution in [-0.4, -0.2) is 23.7 Å². The van der Waals surface area contributed by atoms with E-state index in [0.717, 1.165) is 18.8 Å². The van der Waals surface area contributed by atoms with Gasteiger partial charge >= 0.3 is 0 Å². The summed E-state index contributed by atoms with van der Waals surface area (Å²) in [6.07, 6.45) is 1.20. The molecule has 2 heteroatoms. The van der Waals surface area contributed by atoms with E-state index < -0.39 is 0 Å². The predicted octanol–water partition coefficient (Wildman–Crippen LogP) is 1.97. The van der Waals surface area contributed by atoms with Crippen molar-refractivity contribution in [2.24, 2.45) is 0 Å². The highest BCUT2D eigenvalue weighted by atomic mass is 32.1. The number of thiol groups is 1. The molecule has 0 unspecified atom stereocenters. The summed E-state index contributed by atoms with van der Waals surface area (Å²) in [5, 5.41) is 0. The highest BCUT2D eigenvalue weighted by Gasteiger charge is 2.13. The van der Waals surface area contributed by atoms with Gasteiger partial charge < -0.3 is 0 Å². The molecule has 2 rings (SSSR count). The Labute approximate surface area is 85.2 Å². The zero-order valence-corrected chi connectivity index (χ0v) is 8.63. The molecule has 0 aromatic heterocycles. The van der Waals surface area contributed by atoms with Crippen molar-refractivity contribution in [3.8, 4) is 0 Å². The first kappa shape index (κ1) is 9.10. The quantitative estimate of drug-likeness (QED) is 0.703. The zero-order valence-electron chi connectivity index (χ0n) is 7.74. The van der Waals surface area contributed by atoms with E-state index in [9.17, 15) is 0 Å². The van der Waals surface area contributed by atoms with Gasteiger partial charge in [0, 0.05) is 25.4 Å². The van der Waals surface area contributed by atoms with Crippen LogP contribution >= 0.6 is 12.6 Å². The van der Waals surface area contributed by atoms with Crippen LogP contribution in [0.2, 0.25) is 0 Å². The molecule has 0 aliphatic carbocycles. The fourth-order valence-electron chi connectivity index (χ4n) is 1.89. The van der Waals surface area contributed by atoms with Gasteiger partial charge in [-0.1, -0.05) is 24.3 Å². The average molecular weight is 193 g/mol.